The van der Waals surface area contributed by atoms with Gasteiger partial charge in [0.2, 0.25) is 0 Å². The van der Waals surface area contributed by atoms with Gasteiger partial charge in [0.1, 0.15) is 11.5 Å². The second-order valence-electron chi connectivity index (χ2n) is 13.2. The molecule has 11 rings (SSSR count). The molecular formula is C47H29NO. The fraction of sp³-hybridized carbons (Fsp3) is 0.0213. The van der Waals surface area contributed by atoms with Crippen LogP contribution in [-0.2, 0) is 0 Å². The van der Waals surface area contributed by atoms with E-state index < -0.39 is 0 Å². The van der Waals surface area contributed by atoms with Crippen LogP contribution in [0.15, 0.2) is 170 Å². The maximum absolute atomic E-state index is 7.29. The molecule has 0 spiro atoms. The quantitative estimate of drug-likeness (QED) is 0.175. The molecule has 0 N–H and O–H groups in total. The lowest BCUT2D eigenvalue weighted by molar-refractivity contribution is 0.467. The highest BCUT2D eigenvalue weighted by Crippen LogP contribution is 2.57. The van der Waals surface area contributed by atoms with Crippen molar-refractivity contribution in [1.29, 1.82) is 0 Å². The lowest BCUT2D eigenvalue weighted by Gasteiger charge is -2.33. The average Bonchev–Trinajstić information content (AvgIpc) is 3.51. The number of fused-ring (bicyclic) bond motifs is 15. The van der Waals surface area contributed by atoms with Gasteiger partial charge in [0, 0.05) is 44.3 Å². The molecule has 2 nitrogen and oxygen atoms in total. The fourth-order valence-electron chi connectivity index (χ4n) is 8.67. The Balaban J connectivity index is 1.32. The summed E-state index contributed by atoms with van der Waals surface area (Å²) in [7, 11) is 0. The molecule has 1 aliphatic rings. The summed E-state index contributed by atoms with van der Waals surface area (Å²) >= 11 is 0. The van der Waals surface area contributed by atoms with E-state index in [-0.39, 0.29) is 5.92 Å². The molecule has 0 amide bonds. The van der Waals surface area contributed by atoms with E-state index in [1.165, 1.54) is 70.8 Å². The first-order chi connectivity index (χ1) is 24.3. The third kappa shape index (κ3) is 3.66. The van der Waals surface area contributed by atoms with Gasteiger partial charge in [0.05, 0.1) is 11.0 Å². The van der Waals surface area contributed by atoms with Crippen LogP contribution in [0.4, 0.5) is 0 Å². The summed E-state index contributed by atoms with van der Waals surface area (Å²) in [6, 6.07) is 61.8. The number of hydrogen-bond donors (Lipinski definition) is 0. The van der Waals surface area contributed by atoms with Crippen LogP contribution in [0.2, 0.25) is 0 Å². The Hall–Kier alpha value is -6.38. The molecule has 2 heteroatoms. The molecule has 2 heterocycles. The van der Waals surface area contributed by atoms with Gasteiger partial charge in [-0.25, -0.2) is 0 Å². The molecule has 0 saturated heterocycles. The lowest BCUT2D eigenvalue weighted by atomic mass is 9.76. The minimum Gasteiger partial charge on any atom is -0.455 e. The first-order valence-corrected chi connectivity index (χ1v) is 17.0. The summed E-state index contributed by atoms with van der Waals surface area (Å²) in [5.74, 6) is 1.85. The largest absolute Gasteiger partial charge is 0.455 e. The van der Waals surface area contributed by atoms with Gasteiger partial charge in [-0.15, -0.1) is 0 Å². The molecule has 0 atom stereocenters. The number of para-hydroxylation sites is 2. The average molecular weight is 624 g/mol. The zero-order chi connectivity index (χ0) is 32.1. The Morgan fingerprint density at radius 2 is 0.776 bits per heavy atom. The minimum absolute atomic E-state index is 0.0639. The molecular weight excluding hydrogens is 595 g/mol. The summed E-state index contributed by atoms with van der Waals surface area (Å²) in [6.07, 6.45) is 0. The first-order valence-electron chi connectivity index (χ1n) is 17.0. The van der Waals surface area contributed by atoms with Crippen molar-refractivity contribution in [1.82, 2.24) is 4.57 Å². The van der Waals surface area contributed by atoms with E-state index in [9.17, 15) is 0 Å². The highest BCUT2D eigenvalue weighted by molar-refractivity contribution is 6.17. The van der Waals surface area contributed by atoms with E-state index >= 15 is 0 Å². The molecule has 1 aromatic heterocycles. The van der Waals surface area contributed by atoms with Crippen molar-refractivity contribution in [3.63, 3.8) is 0 Å². The molecule has 0 bridgehead atoms. The molecule has 0 saturated carbocycles. The van der Waals surface area contributed by atoms with Crippen LogP contribution in [0.3, 0.4) is 0 Å². The summed E-state index contributed by atoms with van der Waals surface area (Å²) in [6.45, 7) is 0. The molecule has 0 radical (unpaired) electrons. The summed E-state index contributed by atoms with van der Waals surface area (Å²) in [4.78, 5) is 0. The summed E-state index contributed by atoms with van der Waals surface area (Å²) < 4.78 is 9.68. The lowest BCUT2D eigenvalue weighted by Crippen LogP contribution is -2.14. The molecule has 9 aromatic carbocycles. The van der Waals surface area contributed by atoms with Crippen molar-refractivity contribution >= 4 is 64.9 Å². The number of ether oxygens (including phenoxy) is 1. The summed E-state index contributed by atoms with van der Waals surface area (Å²) in [5, 5.41) is 12.2. The summed E-state index contributed by atoms with van der Waals surface area (Å²) in [5.41, 5.74) is 7.30. The third-order valence-corrected chi connectivity index (χ3v) is 10.7. The minimum atomic E-state index is -0.0639. The van der Waals surface area contributed by atoms with Gasteiger partial charge >= 0.3 is 0 Å². The Bertz CT molecular complexity index is 2850. The van der Waals surface area contributed by atoms with Crippen LogP contribution in [0.25, 0.3) is 70.6 Å². The van der Waals surface area contributed by atoms with Crippen molar-refractivity contribution in [2.24, 2.45) is 0 Å². The van der Waals surface area contributed by atoms with Crippen LogP contribution in [0.1, 0.15) is 22.6 Å². The fourth-order valence-corrected chi connectivity index (χ4v) is 8.67. The van der Waals surface area contributed by atoms with E-state index in [0.717, 1.165) is 28.0 Å². The predicted octanol–water partition coefficient (Wildman–Crippen LogP) is 12.7. The van der Waals surface area contributed by atoms with Crippen molar-refractivity contribution in [2.45, 2.75) is 5.92 Å². The van der Waals surface area contributed by atoms with E-state index in [4.69, 9.17) is 4.74 Å². The van der Waals surface area contributed by atoms with Gasteiger partial charge < -0.3 is 9.30 Å². The number of aromatic nitrogens is 1. The molecule has 0 fully saturated rings. The van der Waals surface area contributed by atoms with Crippen LogP contribution in [0, 0.1) is 0 Å². The molecule has 228 valence electrons. The number of hydrogen-bond acceptors (Lipinski definition) is 1. The second kappa shape index (κ2) is 10.1. The molecule has 49 heavy (non-hydrogen) atoms. The normalized spacial score (nSPS) is 13.0. The van der Waals surface area contributed by atoms with Gasteiger partial charge in [0.25, 0.3) is 0 Å². The van der Waals surface area contributed by atoms with Crippen LogP contribution in [0.5, 0.6) is 11.5 Å². The maximum atomic E-state index is 7.29. The number of nitrogens with zero attached hydrogens (tertiary/aromatic N) is 1. The Labute approximate surface area is 283 Å². The van der Waals surface area contributed by atoms with Gasteiger partial charge in [-0.1, -0.05) is 140 Å². The van der Waals surface area contributed by atoms with Crippen LogP contribution in [-0.4, -0.2) is 4.57 Å². The van der Waals surface area contributed by atoms with E-state index in [2.05, 4.69) is 174 Å². The van der Waals surface area contributed by atoms with Crippen LogP contribution < -0.4 is 4.74 Å². The SMILES string of the molecule is c1ccc(-n2c3ccccc3c3cc(C4c5c(c6ccccc6c6ccccc56)Oc5c4c4ccccc4c4ccccc54)ccc32)cc1. The Morgan fingerprint density at radius 3 is 1.35 bits per heavy atom. The monoisotopic (exact) mass is 623 g/mol. The molecule has 0 unspecified atom stereocenters. The van der Waals surface area contributed by atoms with Gasteiger partial charge in [-0.3, -0.25) is 0 Å². The third-order valence-electron chi connectivity index (χ3n) is 10.7. The first kappa shape index (κ1) is 26.7. The van der Waals surface area contributed by atoms with E-state index in [1.807, 2.05) is 0 Å². The topological polar surface area (TPSA) is 14.2 Å². The van der Waals surface area contributed by atoms with Gasteiger partial charge in [-0.05, 0) is 68.2 Å². The zero-order valence-electron chi connectivity index (χ0n) is 26.6. The maximum Gasteiger partial charge on any atom is 0.140 e. The van der Waals surface area contributed by atoms with Gasteiger partial charge in [0.15, 0.2) is 0 Å². The molecule has 1 aliphatic heterocycles. The predicted molar refractivity (Wildman–Crippen MR) is 205 cm³/mol. The second-order valence-corrected chi connectivity index (χ2v) is 13.2. The van der Waals surface area contributed by atoms with E-state index in [1.54, 1.807) is 0 Å². The highest BCUT2D eigenvalue weighted by atomic mass is 16.5. The molecule has 10 aromatic rings. The number of rotatable bonds is 2. The number of benzene rings is 9. The smallest absolute Gasteiger partial charge is 0.140 e. The highest BCUT2D eigenvalue weighted by Gasteiger charge is 2.35. The van der Waals surface area contributed by atoms with E-state index in [0.29, 0.717) is 0 Å². The standard InChI is InChI=1S/C47H29NO/c1-2-14-30(15-3-1)48-41-25-13-12-20-35(41)40-28-29(26-27-42(40)48)43-44-36-21-8-4-16-31(36)33-18-6-10-23-38(33)46(44)49-47-39-24-11-7-19-34(39)32-17-5-9-22-37(32)45(43)47/h1-28,43H. The zero-order valence-corrected chi connectivity index (χ0v) is 26.6. The van der Waals surface area contributed by atoms with Crippen molar-refractivity contribution in [2.75, 3.05) is 0 Å². The Morgan fingerprint density at radius 1 is 0.347 bits per heavy atom. The molecule has 0 aliphatic carbocycles. The van der Waals surface area contributed by atoms with Gasteiger partial charge in [-0.2, -0.15) is 0 Å². The van der Waals surface area contributed by atoms with Crippen LogP contribution >= 0.6 is 0 Å². The van der Waals surface area contributed by atoms with Crippen molar-refractivity contribution < 1.29 is 4.74 Å². The van der Waals surface area contributed by atoms with Crippen molar-refractivity contribution in [3.8, 4) is 17.2 Å². The Kier molecular flexibility index (Phi) is 5.47. The van der Waals surface area contributed by atoms with Crippen molar-refractivity contribution in [3.05, 3.63) is 187 Å².